The molecule has 210 valence electrons. The van der Waals surface area contributed by atoms with Gasteiger partial charge in [-0.15, -0.1) is 0 Å². The molecule has 8 nitrogen and oxygen atoms in total. The number of aryl methyl sites for hydroxylation is 1. The number of para-hydroxylation sites is 1. The molecule has 40 heavy (non-hydrogen) atoms. The van der Waals surface area contributed by atoms with Gasteiger partial charge in [-0.3, -0.25) is 14.7 Å². The van der Waals surface area contributed by atoms with Crippen LogP contribution in [0.15, 0.2) is 42.5 Å². The van der Waals surface area contributed by atoms with Crippen LogP contribution in [-0.4, -0.2) is 59.8 Å². The van der Waals surface area contributed by atoms with Crippen molar-refractivity contribution in [1.29, 1.82) is 0 Å². The maximum atomic E-state index is 13.9. The van der Waals surface area contributed by atoms with Crippen molar-refractivity contribution in [2.24, 2.45) is 0 Å². The number of H-pyrrole nitrogens is 1. The predicted octanol–water partition coefficient (Wildman–Crippen LogP) is 5.06. The van der Waals surface area contributed by atoms with Gasteiger partial charge in [-0.05, 0) is 80.7 Å². The summed E-state index contributed by atoms with van der Waals surface area (Å²) in [6.45, 7) is 3.42. The quantitative estimate of drug-likeness (QED) is 0.489. The Morgan fingerprint density at radius 3 is 2.75 bits per heavy atom. The number of rotatable bonds is 2. The molecule has 2 amide bonds. The van der Waals surface area contributed by atoms with Gasteiger partial charge in [0.15, 0.2) is 17.2 Å². The number of aromatic amines is 1. The summed E-state index contributed by atoms with van der Waals surface area (Å²) in [4.78, 5) is 30.9. The van der Waals surface area contributed by atoms with Gasteiger partial charge in [0.1, 0.15) is 0 Å². The van der Waals surface area contributed by atoms with Crippen LogP contribution in [0.5, 0.6) is 11.5 Å². The molecule has 3 heterocycles. The molecule has 0 spiro atoms. The molecule has 3 aromatic rings. The molecule has 1 N–H and O–H groups in total. The van der Waals surface area contributed by atoms with E-state index in [1.54, 1.807) is 14.0 Å². The number of benzene rings is 2. The van der Waals surface area contributed by atoms with E-state index in [0.29, 0.717) is 37.6 Å². The molecular formula is C32H38N4O4. The van der Waals surface area contributed by atoms with E-state index in [2.05, 4.69) is 28.4 Å². The molecule has 0 fully saturated rings. The molecule has 0 radical (unpaired) electrons. The lowest BCUT2D eigenvalue weighted by Crippen LogP contribution is -2.41. The molecular weight excluding hydrogens is 504 g/mol. The van der Waals surface area contributed by atoms with Crippen molar-refractivity contribution in [2.75, 3.05) is 31.7 Å². The zero-order valence-electron chi connectivity index (χ0n) is 23.4. The fourth-order valence-electron chi connectivity index (χ4n) is 6.78. The Labute approximate surface area is 235 Å². The van der Waals surface area contributed by atoms with Crippen molar-refractivity contribution < 1.29 is 19.1 Å². The first kappa shape index (κ1) is 26.4. The van der Waals surface area contributed by atoms with Gasteiger partial charge in [0.05, 0.1) is 13.7 Å². The highest BCUT2D eigenvalue weighted by atomic mass is 16.5. The van der Waals surface area contributed by atoms with Crippen molar-refractivity contribution in [3.05, 3.63) is 70.5 Å². The molecule has 2 aromatic carbocycles. The number of nitrogens with one attached hydrogen (secondary N) is 1. The van der Waals surface area contributed by atoms with Crippen molar-refractivity contribution in [3.8, 4) is 11.5 Å². The normalized spacial score (nSPS) is 20.9. The van der Waals surface area contributed by atoms with Crippen LogP contribution in [0.1, 0.15) is 77.8 Å². The van der Waals surface area contributed by atoms with Gasteiger partial charge in [0, 0.05) is 48.9 Å². The minimum Gasteiger partial charge on any atom is -0.493 e. The molecule has 0 saturated carbocycles. The first-order valence-corrected chi connectivity index (χ1v) is 14.6. The highest BCUT2D eigenvalue weighted by Crippen LogP contribution is 2.45. The van der Waals surface area contributed by atoms with E-state index in [0.717, 1.165) is 73.2 Å². The topological polar surface area (TPSA) is 87.8 Å². The van der Waals surface area contributed by atoms with Crippen LogP contribution in [0.25, 0.3) is 0 Å². The molecule has 3 aliphatic rings. The van der Waals surface area contributed by atoms with E-state index in [4.69, 9.17) is 9.47 Å². The van der Waals surface area contributed by atoms with Crippen molar-refractivity contribution in [3.63, 3.8) is 0 Å². The summed E-state index contributed by atoms with van der Waals surface area (Å²) in [6, 6.07) is 14.2. The van der Waals surface area contributed by atoms with E-state index in [1.165, 1.54) is 5.56 Å². The highest BCUT2D eigenvalue weighted by molar-refractivity contribution is 5.95. The second kappa shape index (κ2) is 11.4. The standard InChI is InChI=1S/C32H38N4O4/c1-21(37)36-27-12-6-4-9-23(27)24-15-17-35(32(38)31-25-10-3-5-11-26(25)33-34-31)16-7-8-18-40-30-20-22(19-28(24)36)13-14-29(30)39-2/h4,6,9,12-14,20,24,28H,3,5,7-8,10-11,15-19H2,1-2H3,(H,33,34)/t24-,28-/m1/s1. The van der Waals surface area contributed by atoms with Gasteiger partial charge in [-0.1, -0.05) is 24.3 Å². The van der Waals surface area contributed by atoms with Crippen LogP contribution in [0.3, 0.4) is 0 Å². The number of anilines is 1. The monoisotopic (exact) mass is 542 g/mol. The Morgan fingerprint density at radius 2 is 1.90 bits per heavy atom. The maximum Gasteiger partial charge on any atom is 0.274 e. The fourth-order valence-corrected chi connectivity index (χ4v) is 6.78. The molecule has 8 heteroatoms. The lowest BCUT2D eigenvalue weighted by molar-refractivity contribution is -0.117. The third kappa shape index (κ3) is 4.95. The van der Waals surface area contributed by atoms with E-state index in [1.807, 2.05) is 34.1 Å². The van der Waals surface area contributed by atoms with Gasteiger partial charge in [0.25, 0.3) is 5.91 Å². The zero-order valence-corrected chi connectivity index (χ0v) is 23.4. The first-order valence-electron chi connectivity index (χ1n) is 14.6. The summed E-state index contributed by atoms with van der Waals surface area (Å²) < 4.78 is 11.8. The average Bonchev–Trinajstić information content (AvgIpc) is 3.53. The third-order valence-corrected chi connectivity index (χ3v) is 8.74. The van der Waals surface area contributed by atoms with Gasteiger partial charge in [0.2, 0.25) is 5.91 Å². The summed E-state index contributed by atoms with van der Waals surface area (Å²) in [5.41, 5.74) is 6.03. The largest absolute Gasteiger partial charge is 0.493 e. The average molecular weight is 543 g/mol. The number of aromatic nitrogens is 2. The predicted molar refractivity (Wildman–Crippen MR) is 153 cm³/mol. The van der Waals surface area contributed by atoms with Crippen molar-refractivity contribution in [1.82, 2.24) is 15.1 Å². The van der Waals surface area contributed by atoms with Gasteiger partial charge < -0.3 is 19.3 Å². The third-order valence-electron chi connectivity index (χ3n) is 8.74. The lowest BCUT2D eigenvalue weighted by atomic mass is 9.87. The summed E-state index contributed by atoms with van der Waals surface area (Å²) in [7, 11) is 1.65. The van der Waals surface area contributed by atoms with Crippen LogP contribution >= 0.6 is 0 Å². The molecule has 6 rings (SSSR count). The number of ether oxygens (including phenoxy) is 2. The number of methoxy groups -OCH3 is 1. The van der Waals surface area contributed by atoms with E-state index >= 15 is 0 Å². The molecule has 0 unspecified atom stereocenters. The Morgan fingerprint density at radius 1 is 1.05 bits per heavy atom. The molecule has 0 saturated heterocycles. The molecule has 2 aliphatic heterocycles. The molecule has 1 aliphatic carbocycles. The van der Waals surface area contributed by atoms with Crippen LogP contribution in [0, 0.1) is 0 Å². The van der Waals surface area contributed by atoms with Crippen LogP contribution in [0.2, 0.25) is 0 Å². The minimum atomic E-state index is -0.0609. The molecule has 2 bridgehead atoms. The zero-order chi connectivity index (χ0) is 27.6. The van der Waals surface area contributed by atoms with Gasteiger partial charge in [-0.2, -0.15) is 5.10 Å². The minimum absolute atomic E-state index is 0.00515. The number of fused-ring (bicyclic) bond motifs is 6. The van der Waals surface area contributed by atoms with E-state index < -0.39 is 0 Å². The Balaban J connectivity index is 1.35. The summed E-state index contributed by atoms with van der Waals surface area (Å²) in [5.74, 6) is 1.55. The Kier molecular flexibility index (Phi) is 7.50. The molecule has 2 atom stereocenters. The van der Waals surface area contributed by atoms with Crippen LogP contribution in [0.4, 0.5) is 5.69 Å². The number of nitrogens with zero attached hydrogens (tertiary/aromatic N) is 3. The highest BCUT2D eigenvalue weighted by Gasteiger charge is 2.40. The van der Waals surface area contributed by atoms with Crippen molar-refractivity contribution >= 4 is 17.5 Å². The van der Waals surface area contributed by atoms with E-state index in [9.17, 15) is 9.59 Å². The smallest absolute Gasteiger partial charge is 0.274 e. The summed E-state index contributed by atoms with van der Waals surface area (Å²) in [6.07, 6.45) is 7.18. The Bertz CT molecular complexity index is 1400. The lowest BCUT2D eigenvalue weighted by Gasteiger charge is -2.30. The first-order chi connectivity index (χ1) is 19.5. The second-order valence-electron chi connectivity index (χ2n) is 11.2. The number of carbonyl (C=O) groups is 2. The van der Waals surface area contributed by atoms with Gasteiger partial charge >= 0.3 is 0 Å². The SMILES string of the molecule is COc1ccc2cc1OCCCCN(C(=O)c1n[nH]c3c1CCCC3)CC[C@@H]1c3ccccc3N(C(C)=O)[C@@H]1C2. The van der Waals surface area contributed by atoms with Crippen LogP contribution < -0.4 is 14.4 Å². The van der Waals surface area contributed by atoms with E-state index in [-0.39, 0.29) is 23.8 Å². The van der Waals surface area contributed by atoms with Crippen molar-refractivity contribution in [2.45, 2.75) is 70.3 Å². The van der Waals surface area contributed by atoms with Crippen LogP contribution in [-0.2, 0) is 24.1 Å². The fraction of sp³-hybridized carbons (Fsp3) is 0.469. The Hall–Kier alpha value is -3.81. The summed E-state index contributed by atoms with van der Waals surface area (Å²) >= 11 is 0. The second-order valence-corrected chi connectivity index (χ2v) is 11.2. The maximum absolute atomic E-state index is 13.9. The number of amides is 2. The van der Waals surface area contributed by atoms with Gasteiger partial charge in [-0.25, -0.2) is 0 Å². The summed E-state index contributed by atoms with van der Waals surface area (Å²) in [5, 5.41) is 7.63. The number of hydrogen-bond donors (Lipinski definition) is 1. The molecule has 1 aromatic heterocycles. The number of hydrogen-bond acceptors (Lipinski definition) is 5. The number of carbonyl (C=O) groups excluding carboxylic acids is 2.